The molecule has 1 atom stereocenters. The van der Waals surface area contributed by atoms with Crippen LogP contribution in [0.5, 0.6) is 0 Å². The molecule has 0 aromatic heterocycles. The van der Waals surface area contributed by atoms with E-state index >= 15 is 0 Å². The minimum absolute atomic E-state index is 0.730. The summed E-state index contributed by atoms with van der Waals surface area (Å²) < 4.78 is 0. The van der Waals surface area contributed by atoms with Gasteiger partial charge in [-0.1, -0.05) is 39.0 Å². The van der Waals surface area contributed by atoms with E-state index in [9.17, 15) is 0 Å². The standard InChI is InChI=1S/C10H15/c1-4-9(3)10-6-5-8(2)7-10/h5-7,9H,4H2,1-3H3. The van der Waals surface area contributed by atoms with Crippen LogP contribution in [0, 0.1) is 11.8 Å². The van der Waals surface area contributed by atoms with Gasteiger partial charge in [0.1, 0.15) is 0 Å². The van der Waals surface area contributed by atoms with E-state index in [1.807, 2.05) is 0 Å². The van der Waals surface area contributed by atoms with Crippen molar-refractivity contribution in [3.63, 3.8) is 0 Å². The molecular weight excluding hydrogens is 120 g/mol. The highest BCUT2D eigenvalue weighted by Crippen LogP contribution is 2.24. The van der Waals surface area contributed by atoms with Crippen LogP contribution >= 0.6 is 0 Å². The van der Waals surface area contributed by atoms with Gasteiger partial charge in [0.25, 0.3) is 0 Å². The molecule has 1 unspecified atom stereocenters. The molecule has 0 saturated heterocycles. The van der Waals surface area contributed by atoms with Gasteiger partial charge in [0.15, 0.2) is 0 Å². The second kappa shape index (κ2) is 3.05. The predicted molar refractivity (Wildman–Crippen MR) is 45.6 cm³/mol. The smallest absolute Gasteiger partial charge is 0.0165 e. The first-order valence-corrected chi connectivity index (χ1v) is 3.97. The molecule has 0 heterocycles. The van der Waals surface area contributed by atoms with Crippen molar-refractivity contribution < 1.29 is 0 Å². The fourth-order valence-electron chi connectivity index (χ4n) is 1.13. The number of hydrogen-bond acceptors (Lipinski definition) is 0. The van der Waals surface area contributed by atoms with Gasteiger partial charge in [-0.25, -0.2) is 0 Å². The van der Waals surface area contributed by atoms with Crippen LogP contribution < -0.4 is 0 Å². The Balaban J connectivity index is 2.58. The molecule has 0 aromatic rings. The van der Waals surface area contributed by atoms with E-state index in [-0.39, 0.29) is 0 Å². The highest BCUT2D eigenvalue weighted by Gasteiger charge is 2.09. The predicted octanol–water partition coefficient (Wildman–Crippen LogP) is 3.12. The van der Waals surface area contributed by atoms with Crippen molar-refractivity contribution >= 4 is 0 Å². The van der Waals surface area contributed by atoms with E-state index in [0.29, 0.717) is 0 Å². The van der Waals surface area contributed by atoms with E-state index in [1.54, 1.807) is 0 Å². The molecule has 1 aliphatic rings. The normalized spacial score (nSPS) is 21.3. The molecule has 0 bridgehead atoms. The van der Waals surface area contributed by atoms with Crippen LogP contribution in [0.25, 0.3) is 0 Å². The molecule has 1 rings (SSSR count). The maximum absolute atomic E-state index is 2.27. The highest BCUT2D eigenvalue weighted by molar-refractivity contribution is 5.40. The summed E-state index contributed by atoms with van der Waals surface area (Å²) in [6, 6.07) is 0. The third-order valence-corrected chi connectivity index (χ3v) is 2.11. The number of allylic oxidation sites excluding steroid dienone is 4. The lowest BCUT2D eigenvalue weighted by atomic mass is 9.99. The second-order valence-corrected chi connectivity index (χ2v) is 3.03. The van der Waals surface area contributed by atoms with Crippen molar-refractivity contribution in [2.24, 2.45) is 5.92 Å². The fourth-order valence-corrected chi connectivity index (χ4v) is 1.13. The van der Waals surface area contributed by atoms with E-state index in [4.69, 9.17) is 0 Å². The number of hydrogen-bond donors (Lipinski definition) is 0. The average Bonchev–Trinajstić information content (AvgIpc) is 2.34. The first-order valence-electron chi connectivity index (χ1n) is 3.97. The fraction of sp³-hybridized carbons (Fsp3) is 0.500. The molecular formula is C10H15. The minimum atomic E-state index is 0.730. The maximum atomic E-state index is 2.27. The first-order chi connectivity index (χ1) is 4.74. The van der Waals surface area contributed by atoms with Crippen LogP contribution in [-0.4, -0.2) is 0 Å². The Morgan fingerprint density at radius 3 is 2.50 bits per heavy atom. The molecule has 0 aromatic carbocycles. The molecule has 0 amide bonds. The summed E-state index contributed by atoms with van der Waals surface area (Å²) in [5.41, 5.74) is 1.49. The summed E-state index contributed by atoms with van der Waals surface area (Å²) in [4.78, 5) is 0. The zero-order chi connectivity index (χ0) is 7.56. The van der Waals surface area contributed by atoms with Gasteiger partial charge in [0, 0.05) is 5.92 Å². The van der Waals surface area contributed by atoms with Crippen molar-refractivity contribution in [2.75, 3.05) is 0 Å². The van der Waals surface area contributed by atoms with Gasteiger partial charge in [-0.15, -0.1) is 0 Å². The zero-order valence-corrected chi connectivity index (χ0v) is 7.02. The monoisotopic (exact) mass is 135 g/mol. The molecule has 0 aliphatic heterocycles. The van der Waals surface area contributed by atoms with Crippen LogP contribution in [0.2, 0.25) is 0 Å². The highest BCUT2D eigenvalue weighted by atomic mass is 14.1. The summed E-state index contributed by atoms with van der Waals surface area (Å²) in [5, 5.41) is 0. The molecule has 0 nitrogen and oxygen atoms in total. The van der Waals surface area contributed by atoms with Gasteiger partial charge in [-0.05, 0) is 17.9 Å². The van der Waals surface area contributed by atoms with Crippen molar-refractivity contribution in [2.45, 2.75) is 27.2 Å². The van der Waals surface area contributed by atoms with E-state index in [2.05, 4.69) is 39.0 Å². The molecule has 10 heavy (non-hydrogen) atoms. The largest absolute Gasteiger partial charge is 0.0734 e. The second-order valence-electron chi connectivity index (χ2n) is 3.03. The SMILES string of the molecule is CCC(C)C1=C[C](C)C=C1. The van der Waals surface area contributed by atoms with E-state index < -0.39 is 0 Å². The lowest BCUT2D eigenvalue weighted by molar-refractivity contribution is 0.671. The van der Waals surface area contributed by atoms with Gasteiger partial charge in [0.2, 0.25) is 0 Å². The average molecular weight is 135 g/mol. The molecule has 0 heteroatoms. The maximum Gasteiger partial charge on any atom is 0.0165 e. The summed E-state index contributed by atoms with van der Waals surface area (Å²) >= 11 is 0. The van der Waals surface area contributed by atoms with Crippen LogP contribution in [0.15, 0.2) is 23.8 Å². The van der Waals surface area contributed by atoms with E-state index in [0.717, 1.165) is 5.92 Å². The summed E-state index contributed by atoms with van der Waals surface area (Å²) in [5.74, 6) is 2.11. The minimum Gasteiger partial charge on any atom is -0.0734 e. The van der Waals surface area contributed by atoms with Gasteiger partial charge < -0.3 is 0 Å². The van der Waals surface area contributed by atoms with Gasteiger partial charge in [-0.3, -0.25) is 0 Å². The Morgan fingerprint density at radius 1 is 1.40 bits per heavy atom. The molecule has 1 radical (unpaired) electrons. The van der Waals surface area contributed by atoms with Gasteiger partial charge in [-0.2, -0.15) is 0 Å². The third kappa shape index (κ3) is 1.50. The van der Waals surface area contributed by atoms with Crippen LogP contribution in [0.4, 0.5) is 0 Å². The van der Waals surface area contributed by atoms with Crippen molar-refractivity contribution in [3.05, 3.63) is 29.7 Å². The van der Waals surface area contributed by atoms with Gasteiger partial charge in [0.05, 0.1) is 0 Å². The zero-order valence-electron chi connectivity index (χ0n) is 7.02. The molecule has 0 spiro atoms. The van der Waals surface area contributed by atoms with Crippen LogP contribution in [0.1, 0.15) is 27.2 Å². The molecule has 0 N–H and O–H groups in total. The number of rotatable bonds is 2. The van der Waals surface area contributed by atoms with Crippen molar-refractivity contribution in [3.8, 4) is 0 Å². The summed E-state index contributed by atoms with van der Waals surface area (Å²) in [6.07, 6.45) is 7.92. The molecule has 0 fully saturated rings. The third-order valence-electron chi connectivity index (χ3n) is 2.11. The Hall–Kier alpha value is -0.520. The van der Waals surface area contributed by atoms with Crippen LogP contribution in [0.3, 0.4) is 0 Å². The summed E-state index contributed by atoms with van der Waals surface area (Å²) in [7, 11) is 0. The Bertz CT molecular complexity index is 163. The lowest BCUT2D eigenvalue weighted by Crippen LogP contribution is -1.92. The van der Waals surface area contributed by atoms with Crippen molar-refractivity contribution in [1.29, 1.82) is 0 Å². The quantitative estimate of drug-likeness (QED) is 0.545. The topological polar surface area (TPSA) is 0 Å². The lowest BCUT2D eigenvalue weighted by Gasteiger charge is -2.06. The van der Waals surface area contributed by atoms with Crippen LogP contribution in [-0.2, 0) is 0 Å². The van der Waals surface area contributed by atoms with Gasteiger partial charge >= 0.3 is 0 Å². The van der Waals surface area contributed by atoms with Crippen molar-refractivity contribution in [1.82, 2.24) is 0 Å². The molecule has 1 aliphatic carbocycles. The Kier molecular flexibility index (Phi) is 2.31. The Morgan fingerprint density at radius 2 is 2.10 bits per heavy atom. The first kappa shape index (κ1) is 7.59. The van der Waals surface area contributed by atoms with E-state index in [1.165, 1.54) is 17.9 Å². The molecule has 55 valence electrons. The molecule has 0 saturated carbocycles. The summed E-state index contributed by atoms with van der Waals surface area (Å²) in [6.45, 7) is 6.65. The Labute approximate surface area is 63.6 Å².